The predicted molar refractivity (Wildman–Crippen MR) is 95.8 cm³/mol. The van der Waals surface area contributed by atoms with Crippen molar-refractivity contribution in [3.8, 4) is 11.5 Å². The molecule has 0 fully saturated rings. The summed E-state index contributed by atoms with van der Waals surface area (Å²) in [7, 11) is 1.46. The number of allylic oxidation sites excluding steroid dienone is 3. The van der Waals surface area contributed by atoms with Gasteiger partial charge in [0.05, 0.1) is 19.3 Å². The molecule has 2 aliphatic rings. The highest BCUT2D eigenvalue weighted by Gasteiger charge is 2.39. The molecule has 1 heterocycles. The number of phenols is 1. The Morgan fingerprint density at radius 1 is 1.35 bits per heavy atom. The number of carbonyl (C=O) groups is 2. The lowest BCUT2D eigenvalue weighted by Crippen LogP contribution is -2.34. The van der Waals surface area contributed by atoms with Crippen LogP contribution in [0.15, 0.2) is 40.7 Å². The minimum Gasteiger partial charge on any atom is -0.504 e. The normalized spacial score (nSPS) is 19.8. The Kier molecular flexibility index (Phi) is 5.02. The van der Waals surface area contributed by atoms with E-state index in [1.807, 2.05) is 6.92 Å². The monoisotopic (exact) mass is 357 g/mol. The topological polar surface area (TPSA) is 84.9 Å². The quantitative estimate of drug-likeness (QED) is 0.806. The van der Waals surface area contributed by atoms with Gasteiger partial charge in [0.25, 0.3) is 0 Å². The van der Waals surface area contributed by atoms with Crippen molar-refractivity contribution in [2.45, 2.75) is 39.0 Å². The molecule has 0 amide bonds. The molecule has 1 aromatic rings. The maximum Gasteiger partial charge on any atom is 0.336 e. The number of benzene rings is 1. The van der Waals surface area contributed by atoms with Crippen molar-refractivity contribution in [2.24, 2.45) is 0 Å². The van der Waals surface area contributed by atoms with Gasteiger partial charge >= 0.3 is 5.97 Å². The molecule has 1 aliphatic carbocycles. The zero-order valence-electron chi connectivity index (χ0n) is 15.2. The van der Waals surface area contributed by atoms with Crippen molar-refractivity contribution in [3.05, 3.63) is 46.3 Å². The van der Waals surface area contributed by atoms with Gasteiger partial charge in [0.15, 0.2) is 17.3 Å². The average molecular weight is 357 g/mol. The summed E-state index contributed by atoms with van der Waals surface area (Å²) >= 11 is 0. The standard InChI is InChI=1S/C20H23NO5/c1-4-26-20(24)17-11(2)21-13-6-5-7-15(23)19(13)18(17)12-8-9-14(22)16(10-12)25-3/h8-10,18,21-22H,4-7H2,1-3H3/t18-/m0/s1. The number of phenolic OH excluding ortho intramolecular Hbond substituents is 1. The Morgan fingerprint density at radius 2 is 2.12 bits per heavy atom. The Hall–Kier alpha value is -2.76. The van der Waals surface area contributed by atoms with Crippen LogP contribution in [0.4, 0.5) is 0 Å². The van der Waals surface area contributed by atoms with Gasteiger partial charge in [0, 0.05) is 29.3 Å². The summed E-state index contributed by atoms with van der Waals surface area (Å²) in [6.07, 6.45) is 2.01. The minimum atomic E-state index is -0.535. The number of ketones is 1. The van der Waals surface area contributed by atoms with Crippen molar-refractivity contribution >= 4 is 11.8 Å². The van der Waals surface area contributed by atoms with Crippen LogP contribution < -0.4 is 10.1 Å². The first-order chi connectivity index (χ1) is 12.5. The maximum atomic E-state index is 12.7. The van der Waals surface area contributed by atoms with Crippen LogP contribution in [0.25, 0.3) is 0 Å². The molecule has 0 bridgehead atoms. The van der Waals surface area contributed by atoms with E-state index >= 15 is 0 Å². The fraction of sp³-hybridized carbons (Fsp3) is 0.400. The number of nitrogens with one attached hydrogen (secondary N) is 1. The molecule has 3 rings (SSSR count). The minimum absolute atomic E-state index is 0.00717. The number of hydrogen-bond donors (Lipinski definition) is 2. The summed E-state index contributed by atoms with van der Waals surface area (Å²) < 4.78 is 10.5. The second-order valence-corrected chi connectivity index (χ2v) is 6.42. The highest BCUT2D eigenvalue weighted by atomic mass is 16.5. The van der Waals surface area contributed by atoms with E-state index in [2.05, 4.69) is 5.32 Å². The summed E-state index contributed by atoms with van der Waals surface area (Å²) in [5, 5.41) is 13.1. The summed E-state index contributed by atoms with van der Waals surface area (Å²) in [6.45, 7) is 3.82. The van der Waals surface area contributed by atoms with Crippen molar-refractivity contribution in [2.75, 3.05) is 13.7 Å². The zero-order chi connectivity index (χ0) is 18.8. The molecule has 6 nitrogen and oxygen atoms in total. The van der Waals surface area contributed by atoms with Crippen LogP contribution in [0, 0.1) is 0 Å². The number of aromatic hydroxyl groups is 1. The van der Waals surface area contributed by atoms with Crippen LogP contribution in [-0.4, -0.2) is 30.6 Å². The van der Waals surface area contributed by atoms with Gasteiger partial charge in [-0.3, -0.25) is 4.79 Å². The van der Waals surface area contributed by atoms with Crippen molar-refractivity contribution in [3.63, 3.8) is 0 Å². The predicted octanol–water partition coefficient (Wildman–Crippen LogP) is 2.93. The third-order valence-electron chi connectivity index (χ3n) is 4.81. The lowest BCUT2D eigenvalue weighted by molar-refractivity contribution is -0.138. The van der Waals surface area contributed by atoms with E-state index in [9.17, 15) is 14.7 Å². The third kappa shape index (κ3) is 3.07. The van der Waals surface area contributed by atoms with Gasteiger partial charge < -0.3 is 19.9 Å². The highest BCUT2D eigenvalue weighted by Crippen LogP contribution is 2.44. The number of rotatable bonds is 4. The Labute approximate surface area is 152 Å². The van der Waals surface area contributed by atoms with E-state index < -0.39 is 11.9 Å². The molecule has 0 spiro atoms. The Bertz CT molecular complexity index is 821. The highest BCUT2D eigenvalue weighted by molar-refractivity contribution is 6.03. The van der Waals surface area contributed by atoms with Gasteiger partial charge in [-0.15, -0.1) is 0 Å². The second-order valence-electron chi connectivity index (χ2n) is 6.42. The Morgan fingerprint density at radius 3 is 2.81 bits per heavy atom. The molecule has 0 saturated carbocycles. The van der Waals surface area contributed by atoms with Crippen LogP contribution >= 0.6 is 0 Å². The summed E-state index contributed by atoms with van der Waals surface area (Å²) in [4.78, 5) is 25.4. The van der Waals surface area contributed by atoms with Gasteiger partial charge in [-0.2, -0.15) is 0 Å². The number of dihydropyridines is 1. The molecule has 1 atom stereocenters. The van der Waals surface area contributed by atoms with Gasteiger partial charge in [-0.05, 0) is 44.4 Å². The van der Waals surface area contributed by atoms with Crippen LogP contribution in [0.1, 0.15) is 44.6 Å². The second kappa shape index (κ2) is 7.23. The molecule has 26 heavy (non-hydrogen) atoms. The van der Waals surface area contributed by atoms with Crippen molar-refractivity contribution < 1.29 is 24.2 Å². The van der Waals surface area contributed by atoms with Crippen LogP contribution in [0.2, 0.25) is 0 Å². The maximum absolute atomic E-state index is 12.7. The first-order valence-corrected chi connectivity index (χ1v) is 8.76. The van der Waals surface area contributed by atoms with Gasteiger partial charge in [-0.1, -0.05) is 6.07 Å². The van der Waals surface area contributed by atoms with Gasteiger partial charge in [0.2, 0.25) is 0 Å². The van der Waals surface area contributed by atoms with E-state index in [1.165, 1.54) is 13.2 Å². The molecule has 2 N–H and O–H groups in total. The number of Topliss-reactive ketones (excluding diaryl/α,β-unsaturated/α-hetero) is 1. The summed E-state index contributed by atoms with van der Waals surface area (Å²) in [5.74, 6) is -0.641. The van der Waals surface area contributed by atoms with Crippen LogP contribution in [0.3, 0.4) is 0 Å². The first kappa shape index (κ1) is 18.0. The number of carbonyl (C=O) groups excluding carboxylic acids is 2. The van der Waals surface area contributed by atoms with E-state index in [0.717, 1.165) is 18.5 Å². The molecular weight excluding hydrogens is 334 g/mol. The molecule has 0 unspecified atom stereocenters. The number of hydrogen-bond acceptors (Lipinski definition) is 6. The SMILES string of the molecule is CCOC(=O)C1=C(C)NC2=C(C(=O)CCC2)[C@H]1c1ccc(O)c(OC)c1. The summed E-state index contributed by atoms with van der Waals surface area (Å²) in [6, 6.07) is 4.90. The zero-order valence-corrected chi connectivity index (χ0v) is 15.2. The van der Waals surface area contributed by atoms with E-state index in [1.54, 1.807) is 19.1 Å². The molecular formula is C20H23NO5. The van der Waals surface area contributed by atoms with E-state index in [-0.39, 0.29) is 18.1 Å². The molecule has 0 saturated heterocycles. The van der Waals surface area contributed by atoms with E-state index in [0.29, 0.717) is 34.6 Å². The van der Waals surface area contributed by atoms with Crippen LogP contribution in [0.5, 0.6) is 11.5 Å². The van der Waals surface area contributed by atoms with Gasteiger partial charge in [0.1, 0.15) is 0 Å². The molecule has 1 aliphatic heterocycles. The van der Waals surface area contributed by atoms with Crippen molar-refractivity contribution in [1.29, 1.82) is 0 Å². The molecule has 138 valence electrons. The third-order valence-corrected chi connectivity index (χ3v) is 4.81. The molecule has 0 radical (unpaired) electrons. The summed E-state index contributed by atoms with van der Waals surface area (Å²) in [5.41, 5.74) is 3.30. The smallest absolute Gasteiger partial charge is 0.336 e. The van der Waals surface area contributed by atoms with Crippen molar-refractivity contribution in [1.82, 2.24) is 5.32 Å². The lowest BCUT2D eigenvalue weighted by atomic mass is 9.75. The fourth-order valence-corrected chi connectivity index (χ4v) is 3.67. The van der Waals surface area contributed by atoms with Crippen LogP contribution in [-0.2, 0) is 14.3 Å². The number of esters is 1. The van der Waals surface area contributed by atoms with E-state index in [4.69, 9.17) is 9.47 Å². The fourth-order valence-electron chi connectivity index (χ4n) is 3.67. The Balaban J connectivity index is 2.18. The molecule has 1 aromatic carbocycles. The average Bonchev–Trinajstić information content (AvgIpc) is 2.61. The largest absolute Gasteiger partial charge is 0.504 e. The lowest BCUT2D eigenvalue weighted by Gasteiger charge is -2.34. The number of methoxy groups -OCH3 is 1. The molecule has 0 aromatic heterocycles. The molecule has 6 heteroatoms. The van der Waals surface area contributed by atoms with Gasteiger partial charge in [-0.25, -0.2) is 4.79 Å². The number of ether oxygens (including phenoxy) is 2. The first-order valence-electron chi connectivity index (χ1n) is 8.76.